The van der Waals surface area contributed by atoms with Gasteiger partial charge in [0.05, 0.1) is 7.11 Å². The van der Waals surface area contributed by atoms with Gasteiger partial charge in [0.2, 0.25) is 0 Å². The van der Waals surface area contributed by atoms with Gasteiger partial charge in [0, 0.05) is 40.8 Å². The van der Waals surface area contributed by atoms with Gasteiger partial charge >= 0.3 is 0 Å². The number of nitrogens with zero attached hydrogens (tertiary/aromatic N) is 1. The molecule has 1 aromatic heterocycles. The number of aromatic amines is 1. The van der Waals surface area contributed by atoms with Crippen molar-refractivity contribution in [3.8, 4) is 5.75 Å². The molecule has 4 heteroatoms. The minimum atomic E-state index is 0.564. The number of ether oxygens (including phenoxy) is 1. The maximum absolute atomic E-state index is 5.71. The zero-order valence-corrected chi connectivity index (χ0v) is 15.4. The molecule has 0 atom stereocenters. The van der Waals surface area contributed by atoms with Crippen LogP contribution in [0.15, 0.2) is 18.3 Å². The van der Waals surface area contributed by atoms with Crippen LogP contribution in [0.5, 0.6) is 5.75 Å². The molecule has 0 unspecified atom stereocenters. The minimum Gasteiger partial charge on any atom is -0.496 e. The van der Waals surface area contributed by atoms with Crippen molar-refractivity contribution >= 4 is 10.9 Å². The van der Waals surface area contributed by atoms with Crippen LogP contribution in [-0.2, 0) is 6.54 Å². The van der Waals surface area contributed by atoms with Crippen molar-refractivity contribution in [3.63, 3.8) is 0 Å². The van der Waals surface area contributed by atoms with Gasteiger partial charge in [0.25, 0.3) is 0 Å². The van der Waals surface area contributed by atoms with E-state index >= 15 is 0 Å². The van der Waals surface area contributed by atoms with Crippen LogP contribution in [0.1, 0.15) is 43.2 Å². The van der Waals surface area contributed by atoms with Crippen LogP contribution >= 0.6 is 0 Å². The normalized spacial score (nSPS) is 29.4. The van der Waals surface area contributed by atoms with E-state index in [1.165, 1.54) is 67.2 Å². The van der Waals surface area contributed by atoms with Gasteiger partial charge in [-0.15, -0.1) is 0 Å². The Hall–Kier alpha value is -1.52. The van der Waals surface area contributed by atoms with E-state index in [1.807, 2.05) is 6.20 Å². The van der Waals surface area contributed by atoms with Crippen molar-refractivity contribution < 1.29 is 4.74 Å². The number of nitrogens with one attached hydrogen (secondary N) is 2. The van der Waals surface area contributed by atoms with E-state index in [4.69, 9.17) is 4.74 Å². The number of hydrogen-bond acceptors (Lipinski definition) is 3. The molecule has 1 saturated heterocycles. The summed E-state index contributed by atoms with van der Waals surface area (Å²) in [6.07, 6.45) is 8.92. The molecular weight excluding hydrogens is 310 g/mol. The molecule has 6 rings (SSSR count). The number of H-pyrrole nitrogens is 1. The molecule has 1 aliphatic heterocycles. The highest BCUT2D eigenvalue weighted by Crippen LogP contribution is 2.57. The zero-order chi connectivity index (χ0) is 17.0. The third-order valence-corrected chi connectivity index (χ3v) is 6.85. The summed E-state index contributed by atoms with van der Waals surface area (Å²) in [5, 5.41) is 5.29. The molecule has 134 valence electrons. The zero-order valence-electron chi connectivity index (χ0n) is 15.4. The number of methoxy groups -OCH3 is 1. The van der Waals surface area contributed by atoms with Crippen LogP contribution < -0.4 is 10.1 Å². The van der Waals surface area contributed by atoms with E-state index in [9.17, 15) is 0 Å². The Morgan fingerprint density at radius 3 is 2.68 bits per heavy atom. The van der Waals surface area contributed by atoms with Gasteiger partial charge in [0.15, 0.2) is 0 Å². The first-order chi connectivity index (χ1) is 12.2. The second-order valence-electron chi connectivity index (χ2n) is 8.59. The summed E-state index contributed by atoms with van der Waals surface area (Å²) in [5.41, 5.74) is 4.39. The number of fused-ring (bicyclic) bond motifs is 1. The molecule has 2 N–H and O–H groups in total. The average molecular weight is 339 g/mol. The van der Waals surface area contributed by atoms with Crippen LogP contribution in [0.2, 0.25) is 0 Å². The van der Waals surface area contributed by atoms with Gasteiger partial charge in [-0.05, 0) is 75.7 Å². The predicted octanol–water partition coefficient (Wildman–Crippen LogP) is 3.59. The predicted molar refractivity (Wildman–Crippen MR) is 101 cm³/mol. The van der Waals surface area contributed by atoms with Gasteiger partial charge in [-0.25, -0.2) is 0 Å². The second kappa shape index (κ2) is 5.75. The summed E-state index contributed by atoms with van der Waals surface area (Å²) >= 11 is 0. The summed E-state index contributed by atoms with van der Waals surface area (Å²) < 4.78 is 5.71. The van der Waals surface area contributed by atoms with E-state index in [-0.39, 0.29) is 0 Å². The molecule has 3 saturated carbocycles. The number of piperidine rings is 1. The van der Waals surface area contributed by atoms with Crippen molar-refractivity contribution in [2.24, 2.45) is 5.92 Å². The van der Waals surface area contributed by atoms with Crippen LogP contribution in [0.4, 0.5) is 0 Å². The monoisotopic (exact) mass is 339 g/mol. The number of rotatable bonds is 5. The first-order valence-electron chi connectivity index (χ1n) is 9.79. The summed E-state index contributed by atoms with van der Waals surface area (Å²) in [7, 11) is 1.79. The van der Waals surface area contributed by atoms with Crippen LogP contribution in [0.3, 0.4) is 0 Å². The molecule has 0 spiro atoms. The summed E-state index contributed by atoms with van der Waals surface area (Å²) in [6, 6.07) is 5.09. The number of hydrogen-bond donors (Lipinski definition) is 2. The molecule has 25 heavy (non-hydrogen) atoms. The highest BCUT2D eigenvalue weighted by molar-refractivity contribution is 5.88. The molecule has 2 bridgehead atoms. The Bertz CT molecular complexity index is 771. The lowest BCUT2D eigenvalue weighted by Gasteiger charge is -2.63. The quantitative estimate of drug-likeness (QED) is 0.874. The Labute approximate surface area is 149 Å². The maximum Gasteiger partial charge on any atom is 0.124 e. The Balaban J connectivity index is 1.27. The largest absolute Gasteiger partial charge is 0.496 e. The number of likely N-dealkylation sites (tertiary alicyclic amines) is 1. The van der Waals surface area contributed by atoms with Crippen molar-refractivity contribution in [1.29, 1.82) is 0 Å². The van der Waals surface area contributed by atoms with Gasteiger partial charge in [-0.1, -0.05) is 0 Å². The molecule has 3 aliphatic carbocycles. The molecule has 1 aromatic carbocycles. The van der Waals surface area contributed by atoms with Crippen LogP contribution in [0, 0.1) is 12.8 Å². The van der Waals surface area contributed by atoms with Crippen molar-refractivity contribution in [2.75, 3.05) is 20.2 Å². The van der Waals surface area contributed by atoms with E-state index in [0.29, 0.717) is 5.54 Å². The molecule has 4 fully saturated rings. The summed E-state index contributed by atoms with van der Waals surface area (Å²) in [4.78, 5) is 5.98. The average Bonchev–Trinajstić information content (AvgIpc) is 3.04. The number of benzene rings is 1. The molecule has 2 aromatic rings. The highest BCUT2D eigenvalue weighted by Gasteiger charge is 2.56. The standard InChI is InChI=1S/C21H29N3O/c1-14-9-19(25-2)18(17-3-6-22-20(14)17)13-24-7-4-16(5-8-24)23-21-10-15(11-21)12-21/h3,6,9,15-16,22-23H,4-5,7-8,10-13H2,1-2H3. The summed E-state index contributed by atoms with van der Waals surface area (Å²) in [6.45, 7) is 5.49. The van der Waals surface area contributed by atoms with E-state index in [0.717, 1.165) is 24.3 Å². The van der Waals surface area contributed by atoms with Crippen molar-refractivity contribution in [1.82, 2.24) is 15.2 Å². The lowest BCUT2D eigenvalue weighted by atomic mass is 9.49. The van der Waals surface area contributed by atoms with E-state index in [1.54, 1.807) is 7.11 Å². The Morgan fingerprint density at radius 2 is 2.04 bits per heavy atom. The van der Waals surface area contributed by atoms with Crippen LogP contribution in [0.25, 0.3) is 10.9 Å². The molecule has 4 aliphatic rings. The lowest BCUT2D eigenvalue weighted by Crippen LogP contribution is -2.69. The summed E-state index contributed by atoms with van der Waals surface area (Å²) in [5.74, 6) is 2.09. The topological polar surface area (TPSA) is 40.3 Å². The maximum atomic E-state index is 5.71. The molecule has 0 radical (unpaired) electrons. The third-order valence-electron chi connectivity index (χ3n) is 6.85. The number of aromatic nitrogens is 1. The molecular formula is C21H29N3O. The fraction of sp³-hybridized carbons (Fsp3) is 0.619. The SMILES string of the molecule is COc1cc(C)c2[nH]ccc2c1CN1CCC(NC23CC(C2)C3)CC1. The minimum absolute atomic E-state index is 0.564. The first-order valence-corrected chi connectivity index (χ1v) is 9.79. The van der Waals surface area contributed by atoms with E-state index in [2.05, 4.69) is 34.3 Å². The van der Waals surface area contributed by atoms with Gasteiger partial charge in [-0.2, -0.15) is 0 Å². The first kappa shape index (κ1) is 15.7. The number of aryl methyl sites for hydroxylation is 1. The fourth-order valence-electron chi connectivity index (χ4n) is 5.33. The second-order valence-corrected chi connectivity index (χ2v) is 8.59. The van der Waals surface area contributed by atoms with Gasteiger partial charge in [-0.3, -0.25) is 4.90 Å². The lowest BCUT2D eigenvalue weighted by molar-refractivity contribution is -0.0635. The molecule has 4 nitrogen and oxygen atoms in total. The molecule has 2 heterocycles. The van der Waals surface area contributed by atoms with Gasteiger partial charge in [0.1, 0.15) is 5.75 Å². The van der Waals surface area contributed by atoms with Gasteiger partial charge < -0.3 is 15.0 Å². The Morgan fingerprint density at radius 1 is 1.28 bits per heavy atom. The van der Waals surface area contributed by atoms with Crippen molar-refractivity contribution in [3.05, 3.63) is 29.5 Å². The highest BCUT2D eigenvalue weighted by atomic mass is 16.5. The van der Waals surface area contributed by atoms with Crippen LogP contribution in [-0.4, -0.2) is 41.7 Å². The fourth-order valence-corrected chi connectivity index (χ4v) is 5.33. The smallest absolute Gasteiger partial charge is 0.124 e. The molecule has 0 amide bonds. The van der Waals surface area contributed by atoms with E-state index < -0.39 is 0 Å². The van der Waals surface area contributed by atoms with Crippen molar-refractivity contribution in [2.45, 2.75) is 57.2 Å². The third kappa shape index (κ3) is 2.58. The Kier molecular flexibility index (Phi) is 3.61.